The van der Waals surface area contributed by atoms with Crippen molar-refractivity contribution in [1.29, 1.82) is 5.26 Å². The third-order valence-electron chi connectivity index (χ3n) is 3.59. The number of aromatic nitrogens is 2. The summed E-state index contributed by atoms with van der Waals surface area (Å²) in [4.78, 5) is 14.4. The Morgan fingerprint density at radius 1 is 1.42 bits per heavy atom. The fourth-order valence-corrected chi connectivity index (χ4v) is 4.72. The molecular weight excluding hydrogens is 376 g/mol. The molecule has 0 saturated carbocycles. The second-order valence-corrected chi connectivity index (χ2v) is 9.31. The fraction of sp³-hybridized carbons (Fsp3) is 0.250. The highest BCUT2D eigenvalue weighted by molar-refractivity contribution is 7.94. The second-order valence-electron chi connectivity index (χ2n) is 6.40. The van der Waals surface area contributed by atoms with Crippen LogP contribution in [0.25, 0.3) is 10.9 Å². The van der Waals surface area contributed by atoms with Crippen LogP contribution < -0.4 is 9.60 Å². The lowest BCUT2D eigenvalue weighted by Gasteiger charge is -2.16. The van der Waals surface area contributed by atoms with Crippen molar-refractivity contribution in [2.24, 2.45) is 0 Å². The molecular formula is C16H16N4O4S2. The number of hydrogen-bond acceptors (Lipinski definition) is 6. The maximum Gasteiger partial charge on any atom is 0.308 e. The second kappa shape index (κ2) is 6.28. The molecule has 0 aliphatic heterocycles. The Morgan fingerprint density at radius 2 is 2.15 bits per heavy atom. The van der Waals surface area contributed by atoms with Crippen molar-refractivity contribution in [3.63, 3.8) is 0 Å². The summed E-state index contributed by atoms with van der Waals surface area (Å²) in [5.41, 5.74) is 0.0138. The highest BCUT2D eigenvalue weighted by atomic mass is 32.2. The SMILES string of the molecule is CC(C)(O)Cn1cc(S(=O)(=O)Nc2cccc3c(C#N)c[nH]c23)sc1=O. The van der Waals surface area contributed by atoms with Crippen molar-refractivity contribution in [1.82, 2.24) is 9.55 Å². The minimum absolute atomic E-state index is 0.0183. The number of thiazole rings is 1. The molecule has 2 aromatic heterocycles. The van der Waals surface area contributed by atoms with Gasteiger partial charge in [-0.25, -0.2) is 8.42 Å². The lowest BCUT2D eigenvalue weighted by molar-refractivity contribution is 0.0608. The molecule has 3 aromatic rings. The van der Waals surface area contributed by atoms with Crippen molar-refractivity contribution in [3.8, 4) is 6.07 Å². The Labute approximate surface area is 153 Å². The molecule has 0 saturated heterocycles. The highest BCUT2D eigenvalue weighted by Gasteiger charge is 2.23. The Bertz CT molecular complexity index is 1170. The van der Waals surface area contributed by atoms with Gasteiger partial charge in [0.2, 0.25) is 0 Å². The van der Waals surface area contributed by atoms with E-state index in [0.29, 0.717) is 27.8 Å². The minimum atomic E-state index is -4.00. The summed E-state index contributed by atoms with van der Waals surface area (Å²) in [5.74, 6) is 0. The number of nitrogens with one attached hydrogen (secondary N) is 2. The van der Waals surface area contributed by atoms with Gasteiger partial charge in [-0.2, -0.15) is 5.26 Å². The maximum absolute atomic E-state index is 12.7. The monoisotopic (exact) mass is 392 g/mol. The van der Waals surface area contributed by atoms with Gasteiger partial charge in [-0.1, -0.05) is 23.5 Å². The zero-order valence-corrected chi connectivity index (χ0v) is 15.6. The predicted molar refractivity (Wildman–Crippen MR) is 98.7 cm³/mol. The van der Waals surface area contributed by atoms with Crippen LogP contribution in [-0.4, -0.2) is 28.7 Å². The average molecular weight is 392 g/mol. The van der Waals surface area contributed by atoms with Crippen LogP contribution in [0.5, 0.6) is 0 Å². The molecule has 0 atom stereocenters. The van der Waals surface area contributed by atoms with Crippen molar-refractivity contribution in [3.05, 3.63) is 45.8 Å². The van der Waals surface area contributed by atoms with Gasteiger partial charge in [0.1, 0.15) is 6.07 Å². The normalized spacial score (nSPS) is 12.2. The van der Waals surface area contributed by atoms with Crippen molar-refractivity contribution in [2.75, 3.05) is 4.72 Å². The number of benzene rings is 1. The average Bonchev–Trinajstić information content (AvgIpc) is 3.10. The number of nitrogens with zero attached hydrogens (tertiary/aromatic N) is 2. The molecule has 1 aromatic carbocycles. The Balaban J connectivity index is 1.98. The minimum Gasteiger partial charge on any atom is -0.389 e. The summed E-state index contributed by atoms with van der Waals surface area (Å²) in [6.07, 6.45) is 2.71. The third-order valence-corrected chi connectivity index (χ3v) is 6.33. The molecule has 136 valence electrons. The van der Waals surface area contributed by atoms with Crippen molar-refractivity contribution in [2.45, 2.75) is 30.2 Å². The van der Waals surface area contributed by atoms with Gasteiger partial charge in [-0.3, -0.25) is 9.52 Å². The van der Waals surface area contributed by atoms with Crippen LogP contribution in [0.15, 0.2) is 39.6 Å². The van der Waals surface area contributed by atoms with Crippen LogP contribution in [0, 0.1) is 11.3 Å². The molecule has 0 aliphatic rings. The summed E-state index contributed by atoms with van der Waals surface area (Å²) in [6.45, 7) is 3.04. The Kier molecular flexibility index (Phi) is 4.39. The largest absolute Gasteiger partial charge is 0.389 e. The standard InChI is InChI=1S/C16H16N4O4S2/c1-16(2,22)9-20-8-13(25-15(20)21)26(23,24)19-12-5-3-4-11-10(6-17)7-18-14(11)12/h3-5,7-8,18-19,22H,9H2,1-2H3. The van der Waals surface area contributed by atoms with Gasteiger partial charge in [0.25, 0.3) is 10.0 Å². The van der Waals surface area contributed by atoms with Gasteiger partial charge in [0.15, 0.2) is 4.21 Å². The first-order chi connectivity index (χ1) is 12.1. The molecule has 26 heavy (non-hydrogen) atoms. The van der Waals surface area contributed by atoms with E-state index in [1.807, 2.05) is 6.07 Å². The number of rotatable bonds is 5. The molecule has 0 unspecified atom stereocenters. The number of H-pyrrole nitrogens is 1. The van der Waals surface area contributed by atoms with E-state index in [0.717, 1.165) is 0 Å². The van der Waals surface area contributed by atoms with E-state index >= 15 is 0 Å². The summed E-state index contributed by atoms with van der Waals surface area (Å²) in [5, 5.41) is 19.5. The van der Waals surface area contributed by atoms with Crippen molar-refractivity contribution < 1.29 is 13.5 Å². The third kappa shape index (κ3) is 3.50. The first-order valence-corrected chi connectivity index (χ1v) is 9.86. The molecule has 10 heteroatoms. The first-order valence-electron chi connectivity index (χ1n) is 7.56. The molecule has 2 heterocycles. The lowest BCUT2D eigenvalue weighted by atomic mass is 10.1. The number of aliphatic hydroxyl groups is 1. The van der Waals surface area contributed by atoms with Crippen LogP contribution in [0.1, 0.15) is 19.4 Å². The van der Waals surface area contributed by atoms with Gasteiger partial charge >= 0.3 is 4.87 Å². The number of para-hydroxylation sites is 1. The Hall–Kier alpha value is -2.61. The van der Waals surface area contributed by atoms with Gasteiger partial charge in [0.05, 0.1) is 28.9 Å². The highest BCUT2D eigenvalue weighted by Crippen LogP contribution is 2.27. The van der Waals surface area contributed by atoms with Crippen LogP contribution in [0.4, 0.5) is 5.69 Å². The van der Waals surface area contributed by atoms with E-state index in [2.05, 4.69) is 9.71 Å². The molecule has 0 fully saturated rings. The van der Waals surface area contributed by atoms with E-state index in [9.17, 15) is 18.3 Å². The number of nitriles is 1. The molecule has 0 bridgehead atoms. The molecule has 0 amide bonds. The summed E-state index contributed by atoms with van der Waals surface area (Å²) in [6, 6.07) is 6.94. The first kappa shape index (κ1) is 18.2. The van der Waals surface area contributed by atoms with Gasteiger partial charge in [-0.05, 0) is 19.9 Å². The van der Waals surface area contributed by atoms with Crippen molar-refractivity contribution >= 4 is 38.0 Å². The summed E-state index contributed by atoms with van der Waals surface area (Å²) in [7, 11) is -4.00. The van der Waals surface area contributed by atoms with Crippen LogP contribution in [0.2, 0.25) is 0 Å². The lowest BCUT2D eigenvalue weighted by Crippen LogP contribution is -2.29. The van der Waals surface area contributed by atoms with Gasteiger partial charge in [-0.15, -0.1) is 0 Å². The molecule has 3 N–H and O–H groups in total. The Morgan fingerprint density at radius 3 is 2.81 bits per heavy atom. The fourth-order valence-electron chi connectivity index (χ4n) is 2.53. The number of hydrogen-bond donors (Lipinski definition) is 3. The zero-order chi connectivity index (χ0) is 19.1. The quantitative estimate of drug-likeness (QED) is 0.610. The summed E-state index contributed by atoms with van der Waals surface area (Å²) >= 11 is 0.580. The van der Waals surface area contributed by atoms with Crippen LogP contribution >= 0.6 is 11.3 Å². The maximum atomic E-state index is 12.7. The number of fused-ring (bicyclic) bond motifs is 1. The van der Waals surface area contributed by atoms with E-state index in [1.54, 1.807) is 18.2 Å². The van der Waals surface area contributed by atoms with E-state index in [1.165, 1.54) is 30.8 Å². The molecule has 3 rings (SSSR count). The van der Waals surface area contributed by atoms with E-state index < -0.39 is 20.5 Å². The van der Waals surface area contributed by atoms with E-state index in [-0.39, 0.29) is 16.4 Å². The number of aromatic amines is 1. The van der Waals surface area contributed by atoms with Gasteiger partial charge < -0.3 is 14.7 Å². The zero-order valence-electron chi connectivity index (χ0n) is 14.0. The summed E-state index contributed by atoms with van der Waals surface area (Å²) < 4.78 is 28.8. The molecule has 0 spiro atoms. The molecule has 0 aliphatic carbocycles. The van der Waals surface area contributed by atoms with E-state index in [4.69, 9.17) is 5.26 Å². The predicted octanol–water partition coefficient (Wildman–Crippen LogP) is 1.83. The number of anilines is 1. The molecule has 8 nitrogen and oxygen atoms in total. The van der Waals surface area contributed by atoms with Crippen LogP contribution in [-0.2, 0) is 16.6 Å². The van der Waals surface area contributed by atoms with Crippen LogP contribution in [0.3, 0.4) is 0 Å². The topological polar surface area (TPSA) is 128 Å². The van der Waals surface area contributed by atoms with Gasteiger partial charge in [0, 0.05) is 17.8 Å². The molecule has 0 radical (unpaired) electrons. The number of sulfonamides is 1. The smallest absolute Gasteiger partial charge is 0.308 e.